The average molecular weight is 275 g/mol. The minimum atomic E-state index is -0.930. The molecule has 6 heteroatoms. The summed E-state index contributed by atoms with van der Waals surface area (Å²) in [5.74, 6) is -0.164. The molecule has 0 unspecified atom stereocenters. The number of aromatic carboxylic acids is 1. The summed E-state index contributed by atoms with van der Waals surface area (Å²) in [5, 5.41) is 9.75. The smallest absolute Gasteiger partial charge is 0.335 e. The highest BCUT2D eigenvalue weighted by Crippen LogP contribution is 2.24. The van der Waals surface area contributed by atoms with E-state index in [1.165, 1.54) is 6.33 Å². The molecule has 1 heterocycles. The van der Waals surface area contributed by atoms with E-state index in [-0.39, 0.29) is 5.56 Å². The molecule has 1 aromatic carbocycles. The molecule has 1 N–H and O–H groups in total. The summed E-state index contributed by atoms with van der Waals surface area (Å²) in [4.78, 5) is 21.0. The van der Waals surface area contributed by atoms with Gasteiger partial charge in [0.25, 0.3) is 0 Å². The molecular weight excluding hydrogens is 262 g/mol. The van der Waals surface area contributed by atoms with Crippen molar-refractivity contribution >= 4 is 29.2 Å². The van der Waals surface area contributed by atoms with Gasteiger partial charge in [-0.05, 0) is 30.5 Å². The van der Waals surface area contributed by atoms with Crippen LogP contribution < -0.4 is 4.90 Å². The van der Waals surface area contributed by atoms with Crippen LogP contribution in [-0.4, -0.2) is 34.3 Å². The zero-order chi connectivity index (χ0) is 13.8. The van der Waals surface area contributed by atoms with Crippen LogP contribution in [0.1, 0.15) is 10.4 Å². The van der Waals surface area contributed by atoms with Gasteiger partial charge >= 0.3 is 5.97 Å². The third-order valence-corrected chi connectivity index (χ3v) is 3.32. The van der Waals surface area contributed by atoms with Crippen molar-refractivity contribution in [3.05, 3.63) is 42.2 Å². The van der Waals surface area contributed by atoms with E-state index in [1.54, 1.807) is 36.0 Å². The molecule has 5 nitrogen and oxygen atoms in total. The second kappa shape index (κ2) is 5.71. The van der Waals surface area contributed by atoms with Crippen LogP contribution in [0.15, 0.2) is 41.7 Å². The number of carbonyl (C=O) groups is 1. The second-order valence-electron chi connectivity index (χ2n) is 3.83. The Hall–Kier alpha value is -2.08. The van der Waals surface area contributed by atoms with Gasteiger partial charge in [-0.25, -0.2) is 14.8 Å². The molecule has 0 saturated carbocycles. The number of hydrogen-bond donors (Lipinski definition) is 1. The molecule has 19 heavy (non-hydrogen) atoms. The lowest BCUT2D eigenvalue weighted by molar-refractivity contribution is 0.0697. The SMILES string of the molecule is CSc1cc(N(C)c2ccc(C(=O)O)cc2)ncn1. The summed E-state index contributed by atoms with van der Waals surface area (Å²) >= 11 is 1.55. The first-order valence-corrected chi connectivity index (χ1v) is 6.77. The number of hydrogen-bond acceptors (Lipinski definition) is 5. The van der Waals surface area contributed by atoms with E-state index in [2.05, 4.69) is 9.97 Å². The molecule has 0 aliphatic rings. The largest absolute Gasteiger partial charge is 0.478 e. The van der Waals surface area contributed by atoms with Gasteiger partial charge in [-0.3, -0.25) is 0 Å². The zero-order valence-electron chi connectivity index (χ0n) is 10.6. The van der Waals surface area contributed by atoms with Crippen molar-refractivity contribution in [2.45, 2.75) is 5.03 Å². The number of benzene rings is 1. The standard InChI is InChI=1S/C13H13N3O2S/c1-16(11-7-12(19-2)15-8-14-11)10-5-3-9(4-6-10)13(17)18/h3-8H,1-2H3,(H,17,18). The summed E-state index contributed by atoms with van der Waals surface area (Å²) in [6, 6.07) is 8.54. The lowest BCUT2D eigenvalue weighted by atomic mass is 10.2. The summed E-state index contributed by atoms with van der Waals surface area (Å²) in [5.41, 5.74) is 1.14. The van der Waals surface area contributed by atoms with Crippen LogP contribution >= 0.6 is 11.8 Å². The van der Waals surface area contributed by atoms with E-state index < -0.39 is 5.97 Å². The molecule has 0 fully saturated rings. The van der Waals surface area contributed by atoms with Crippen molar-refractivity contribution in [3.8, 4) is 0 Å². The van der Waals surface area contributed by atoms with Gasteiger partial charge in [0.1, 0.15) is 17.2 Å². The predicted octanol–water partition coefficient (Wildman–Crippen LogP) is 2.66. The van der Waals surface area contributed by atoms with Crippen LogP contribution in [0.3, 0.4) is 0 Å². The van der Waals surface area contributed by atoms with Crippen LogP contribution in [0.5, 0.6) is 0 Å². The monoisotopic (exact) mass is 275 g/mol. The van der Waals surface area contributed by atoms with Crippen LogP contribution in [0.2, 0.25) is 0 Å². The maximum atomic E-state index is 10.8. The van der Waals surface area contributed by atoms with Gasteiger partial charge < -0.3 is 10.0 Å². The Morgan fingerprint density at radius 3 is 2.53 bits per heavy atom. The van der Waals surface area contributed by atoms with Crippen LogP contribution in [0.25, 0.3) is 0 Å². The van der Waals surface area contributed by atoms with Crippen molar-refractivity contribution in [1.29, 1.82) is 0 Å². The summed E-state index contributed by atoms with van der Waals surface area (Å²) in [6.07, 6.45) is 3.47. The molecule has 0 aliphatic heterocycles. The van der Waals surface area contributed by atoms with Crippen molar-refractivity contribution in [2.75, 3.05) is 18.2 Å². The topological polar surface area (TPSA) is 66.3 Å². The van der Waals surface area contributed by atoms with E-state index in [4.69, 9.17) is 5.11 Å². The van der Waals surface area contributed by atoms with Gasteiger partial charge in [-0.1, -0.05) is 0 Å². The molecule has 98 valence electrons. The van der Waals surface area contributed by atoms with Crippen molar-refractivity contribution in [2.24, 2.45) is 0 Å². The summed E-state index contributed by atoms with van der Waals surface area (Å²) in [7, 11) is 1.88. The first-order valence-electron chi connectivity index (χ1n) is 5.55. The number of anilines is 2. The van der Waals surface area contributed by atoms with Gasteiger partial charge in [0.2, 0.25) is 0 Å². The fourth-order valence-electron chi connectivity index (χ4n) is 1.58. The van der Waals surface area contributed by atoms with Crippen molar-refractivity contribution in [1.82, 2.24) is 9.97 Å². The molecule has 1 aromatic heterocycles. The average Bonchev–Trinajstić information content (AvgIpc) is 2.46. The fourth-order valence-corrected chi connectivity index (χ4v) is 1.96. The van der Waals surface area contributed by atoms with Gasteiger partial charge in [0.15, 0.2) is 0 Å². The lowest BCUT2D eigenvalue weighted by Crippen LogP contribution is -2.11. The fraction of sp³-hybridized carbons (Fsp3) is 0.154. The van der Waals surface area contributed by atoms with E-state index in [0.717, 1.165) is 16.5 Å². The van der Waals surface area contributed by atoms with Gasteiger partial charge in [-0.15, -0.1) is 11.8 Å². The van der Waals surface area contributed by atoms with Crippen LogP contribution in [-0.2, 0) is 0 Å². The number of thioether (sulfide) groups is 1. The Bertz CT molecular complexity index is 587. The molecule has 0 radical (unpaired) electrons. The molecular formula is C13H13N3O2S. The maximum absolute atomic E-state index is 10.8. The quantitative estimate of drug-likeness (QED) is 0.683. The third-order valence-electron chi connectivity index (χ3n) is 2.68. The van der Waals surface area contributed by atoms with E-state index in [1.807, 2.05) is 24.3 Å². The Balaban J connectivity index is 2.27. The van der Waals surface area contributed by atoms with E-state index in [0.29, 0.717) is 0 Å². The Labute approximate surface area is 115 Å². The first-order chi connectivity index (χ1) is 9.11. The highest BCUT2D eigenvalue weighted by atomic mass is 32.2. The predicted molar refractivity (Wildman–Crippen MR) is 75.3 cm³/mol. The molecule has 0 atom stereocenters. The lowest BCUT2D eigenvalue weighted by Gasteiger charge is -2.18. The molecule has 0 saturated heterocycles. The summed E-state index contributed by atoms with van der Waals surface area (Å²) < 4.78 is 0. The molecule has 2 rings (SSSR count). The number of carboxylic acids is 1. The Kier molecular flexibility index (Phi) is 4.01. The van der Waals surface area contributed by atoms with Crippen molar-refractivity contribution in [3.63, 3.8) is 0 Å². The van der Waals surface area contributed by atoms with Gasteiger partial charge in [-0.2, -0.15) is 0 Å². The highest BCUT2D eigenvalue weighted by molar-refractivity contribution is 7.98. The van der Waals surface area contributed by atoms with Crippen LogP contribution in [0.4, 0.5) is 11.5 Å². The van der Waals surface area contributed by atoms with Gasteiger partial charge in [0.05, 0.1) is 5.56 Å². The molecule has 0 bridgehead atoms. The minimum absolute atomic E-state index is 0.268. The highest BCUT2D eigenvalue weighted by Gasteiger charge is 2.08. The summed E-state index contributed by atoms with van der Waals surface area (Å²) in [6.45, 7) is 0. The maximum Gasteiger partial charge on any atom is 0.335 e. The third kappa shape index (κ3) is 3.03. The van der Waals surface area contributed by atoms with Crippen molar-refractivity contribution < 1.29 is 9.90 Å². The van der Waals surface area contributed by atoms with E-state index >= 15 is 0 Å². The number of nitrogens with zero attached hydrogens (tertiary/aromatic N) is 3. The Morgan fingerprint density at radius 2 is 1.95 bits per heavy atom. The second-order valence-corrected chi connectivity index (χ2v) is 4.66. The van der Waals surface area contributed by atoms with Crippen LogP contribution in [0, 0.1) is 0 Å². The molecule has 0 aliphatic carbocycles. The number of carboxylic acid groups (broad SMARTS) is 1. The van der Waals surface area contributed by atoms with E-state index in [9.17, 15) is 4.79 Å². The molecule has 2 aromatic rings. The number of aromatic nitrogens is 2. The Morgan fingerprint density at radius 1 is 1.26 bits per heavy atom. The number of rotatable bonds is 4. The normalized spacial score (nSPS) is 10.2. The zero-order valence-corrected chi connectivity index (χ0v) is 11.4. The van der Waals surface area contributed by atoms with Gasteiger partial charge in [0, 0.05) is 18.8 Å². The minimum Gasteiger partial charge on any atom is -0.478 e. The molecule has 0 spiro atoms. The first kappa shape index (κ1) is 13.4. The molecule has 0 amide bonds.